The lowest BCUT2D eigenvalue weighted by Gasteiger charge is -2.35. The fraction of sp³-hybridized carbons (Fsp3) is 0. The predicted molar refractivity (Wildman–Crippen MR) is 325 cm³/mol. The van der Waals surface area contributed by atoms with Gasteiger partial charge in [0.25, 0.3) is 0 Å². The van der Waals surface area contributed by atoms with Crippen LogP contribution in [0.5, 0.6) is 0 Å². The van der Waals surface area contributed by atoms with Crippen molar-refractivity contribution in [2.24, 2.45) is 0 Å². The zero-order chi connectivity index (χ0) is 50.2. The molecule has 0 N–H and O–H groups in total. The number of aromatic nitrogens is 2. The molecule has 0 spiro atoms. The first-order chi connectivity index (χ1) is 37.7. The number of anilines is 3. The maximum Gasteiger partial charge on any atom is 0.179 e. The number of nitrogens with zero attached hydrogens (tertiary/aromatic N) is 3. The zero-order valence-corrected chi connectivity index (χ0v) is 42.6. The van der Waals surface area contributed by atoms with Crippen molar-refractivity contribution < 1.29 is 0 Å². The van der Waals surface area contributed by atoms with E-state index in [0.29, 0.717) is 0 Å². The SMILES string of the molecule is c1ccc(-n2c3ccccc3c3cc(-c4ccc(N(c5ccc(-c6ccc7c(c6)c6cccc8c9ccccc9n7c86)cc5)c5ccc([Si](c6ccccc6)(c6ccccc6)c6ccccc6)cc5)cc4)ccc32)cc1. The van der Waals surface area contributed by atoms with E-state index in [1.165, 1.54) is 103 Å². The monoisotopic (exact) mass is 983 g/mol. The molecule has 0 unspecified atom stereocenters. The van der Waals surface area contributed by atoms with Gasteiger partial charge in [-0.15, -0.1) is 0 Å². The number of para-hydroxylation sites is 4. The van der Waals surface area contributed by atoms with Crippen molar-refractivity contribution in [3.8, 4) is 27.9 Å². The van der Waals surface area contributed by atoms with Crippen LogP contribution in [-0.4, -0.2) is 17.0 Å². The Bertz CT molecular complexity index is 4490. The summed E-state index contributed by atoms with van der Waals surface area (Å²) in [6, 6.07) is 110. The molecule has 3 aromatic heterocycles. The van der Waals surface area contributed by atoms with Gasteiger partial charge in [0, 0.05) is 55.1 Å². The summed E-state index contributed by atoms with van der Waals surface area (Å²) in [6.45, 7) is 0. The van der Waals surface area contributed by atoms with Crippen LogP contribution in [0.4, 0.5) is 17.1 Å². The second kappa shape index (κ2) is 17.7. The number of benzene rings is 12. The van der Waals surface area contributed by atoms with Gasteiger partial charge in [0.15, 0.2) is 8.07 Å². The molecule has 3 nitrogen and oxygen atoms in total. The van der Waals surface area contributed by atoms with Gasteiger partial charge in [0.1, 0.15) is 0 Å². The van der Waals surface area contributed by atoms with E-state index < -0.39 is 8.07 Å². The molecule has 12 aromatic carbocycles. The van der Waals surface area contributed by atoms with E-state index in [1.54, 1.807) is 0 Å². The van der Waals surface area contributed by atoms with Crippen molar-refractivity contribution in [3.05, 3.63) is 297 Å². The van der Waals surface area contributed by atoms with Gasteiger partial charge in [-0.2, -0.15) is 0 Å². The molecule has 0 aliphatic carbocycles. The molecule has 356 valence electrons. The molecule has 0 saturated heterocycles. The maximum atomic E-state index is 2.45. The number of fused-ring (bicyclic) bond motifs is 9. The van der Waals surface area contributed by atoms with Crippen LogP contribution in [0.15, 0.2) is 297 Å². The van der Waals surface area contributed by atoms with E-state index in [-0.39, 0.29) is 0 Å². The van der Waals surface area contributed by atoms with Gasteiger partial charge in [0.05, 0.1) is 27.6 Å². The highest BCUT2D eigenvalue weighted by atomic mass is 28.3. The Morgan fingerprint density at radius 2 is 0.605 bits per heavy atom. The third kappa shape index (κ3) is 6.81. The van der Waals surface area contributed by atoms with Crippen LogP contribution in [-0.2, 0) is 0 Å². The van der Waals surface area contributed by atoms with E-state index >= 15 is 0 Å². The number of hydrogen-bond acceptors (Lipinski definition) is 1. The molecule has 15 rings (SSSR count). The van der Waals surface area contributed by atoms with Crippen molar-refractivity contribution in [3.63, 3.8) is 0 Å². The maximum absolute atomic E-state index is 2.74. The topological polar surface area (TPSA) is 12.6 Å². The third-order valence-electron chi connectivity index (χ3n) is 16.0. The van der Waals surface area contributed by atoms with Crippen molar-refractivity contribution in [2.75, 3.05) is 4.90 Å². The molecule has 0 fully saturated rings. The van der Waals surface area contributed by atoms with Crippen molar-refractivity contribution >= 4 is 106 Å². The third-order valence-corrected chi connectivity index (χ3v) is 20.8. The van der Waals surface area contributed by atoms with Crippen molar-refractivity contribution in [2.45, 2.75) is 0 Å². The molecule has 3 heterocycles. The van der Waals surface area contributed by atoms with Crippen LogP contribution < -0.4 is 25.6 Å². The van der Waals surface area contributed by atoms with Gasteiger partial charge in [-0.05, 0) is 128 Å². The first-order valence-corrected chi connectivity index (χ1v) is 28.2. The lowest BCUT2D eigenvalue weighted by molar-refractivity contribution is 1.18. The molecule has 0 bridgehead atoms. The molecule has 0 saturated carbocycles. The molecule has 4 heteroatoms. The number of rotatable bonds is 10. The molecule has 76 heavy (non-hydrogen) atoms. The van der Waals surface area contributed by atoms with E-state index in [4.69, 9.17) is 0 Å². The standard InChI is InChI=1S/C72H49N3Si/c1-5-18-54(19-6-1)74-68-30-15-14-27-63(68)66-48-52(36-46-70(66)74)50-32-38-55(39-33-50)73(57-42-44-61(45-43-57)76(58-20-7-2-8-21-58,59-22-9-3-10-23-59)60-24-11-4-12-25-60)56-40-34-51(35-41-56)53-37-47-71-67(49-53)65-29-17-28-64-62-26-13-16-31-69(62)75(71)72(64)65/h1-49H. The van der Waals surface area contributed by atoms with Gasteiger partial charge in [-0.3, -0.25) is 0 Å². The van der Waals surface area contributed by atoms with Gasteiger partial charge < -0.3 is 13.9 Å². The highest BCUT2D eigenvalue weighted by Crippen LogP contribution is 2.42. The molecule has 0 atom stereocenters. The summed E-state index contributed by atoms with van der Waals surface area (Å²) >= 11 is 0. The Morgan fingerprint density at radius 1 is 0.250 bits per heavy atom. The van der Waals surface area contributed by atoms with Crippen molar-refractivity contribution in [1.29, 1.82) is 0 Å². The van der Waals surface area contributed by atoms with Gasteiger partial charge in [-0.1, -0.05) is 212 Å². The van der Waals surface area contributed by atoms with E-state index in [9.17, 15) is 0 Å². The van der Waals surface area contributed by atoms with Gasteiger partial charge >= 0.3 is 0 Å². The van der Waals surface area contributed by atoms with Crippen LogP contribution in [0, 0.1) is 0 Å². The minimum atomic E-state index is -2.74. The summed E-state index contributed by atoms with van der Waals surface area (Å²) in [7, 11) is -2.74. The molecule has 0 aliphatic rings. The van der Waals surface area contributed by atoms with Crippen LogP contribution >= 0.6 is 0 Å². The van der Waals surface area contributed by atoms with Gasteiger partial charge in [-0.25, -0.2) is 0 Å². The Morgan fingerprint density at radius 3 is 1.14 bits per heavy atom. The molecular weight excluding hydrogens is 935 g/mol. The normalized spacial score (nSPS) is 11.9. The fourth-order valence-corrected chi connectivity index (χ4v) is 17.3. The minimum absolute atomic E-state index is 1.09. The van der Waals surface area contributed by atoms with E-state index in [2.05, 4.69) is 311 Å². The Balaban J connectivity index is 0.849. The lowest BCUT2D eigenvalue weighted by Crippen LogP contribution is -2.74. The molecule has 0 amide bonds. The Labute approximate surface area is 442 Å². The highest BCUT2D eigenvalue weighted by molar-refractivity contribution is 7.19. The molecule has 0 radical (unpaired) electrons. The zero-order valence-electron chi connectivity index (χ0n) is 41.6. The molecule has 15 aromatic rings. The minimum Gasteiger partial charge on any atom is -0.311 e. The van der Waals surface area contributed by atoms with Crippen LogP contribution in [0.3, 0.4) is 0 Å². The fourth-order valence-electron chi connectivity index (χ4n) is 12.6. The summed E-state index contributed by atoms with van der Waals surface area (Å²) in [6.07, 6.45) is 0. The predicted octanol–water partition coefficient (Wildman–Crippen LogP) is 16.1. The average molecular weight is 984 g/mol. The summed E-state index contributed by atoms with van der Waals surface area (Å²) in [4.78, 5) is 2.41. The Kier molecular flexibility index (Phi) is 10.2. The van der Waals surface area contributed by atoms with E-state index in [1.807, 2.05) is 0 Å². The smallest absolute Gasteiger partial charge is 0.179 e. The van der Waals surface area contributed by atoms with Crippen LogP contribution in [0.25, 0.3) is 87.8 Å². The summed E-state index contributed by atoms with van der Waals surface area (Å²) in [5, 5.41) is 13.1. The van der Waals surface area contributed by atoms with Crippen LogP contribution in [0.2, 0.25) is 0 Å². The van der Waals surface area contributed by atoms with Gasteiger partial charge in [0.2, 0.25) is 0 Å². The molecular formula is C72H49N3Si. The lowest BCUT2D eigenvalue weighted by atomic mass is 10.0. The van der Waals surface area contributed by atoms with Crippen molar-refractivity contribution in [1.82, 2.24) is 8.97 Å². The largest absolute Gasteiger partial charge is 0.311 e. The first kappa shape index (κ1) is 43.8. The molecule has 0 aliphatic heterocycles. The Hall–Kier alpha value is -9.74. The van der Waals surface area contributed by atoms with E-state index in [0.717, 1.165) is 22.7 Å². The second-order valence-electron chi connectivity index (χ2n) is 20.0. The number of hydrogen-bond donors (Lipinski definition) is 0. The summed E-state index contributed by atoms with van der Waals surface area (Å²) < 4.78 is 4.83. The highest BCUT2D eigenvalue weighted by Gasteiger charge is 2.41. The summed E-state index contributed by atoms with van der Waals surface area (Å²) in [5.41, 5.74) is 15.4. The first-order valence-electron chi connectivity index (χ1n) is 26.2. The average Bonchev–Trinajstić information content (AvgIpc) is 4.18. The summed E-state index contributed by atoms with van der Waals surface area (Å²) in [5.74, 6) is 0. The van der Waals surface area contributed by atoms with Crippen LogP contribution in [0.1, 0.15) is 0 Å². The second-order valence-corrected chi connectivity index (χ2v) is 23.8. The quantitative estimate of drug-likeness (QED) is 0.0983.